The van der Waals surface area contributed by atoms with Gasteiger partial charge in [-0.3, -0.25) is 0 Å². The highest BCUT2D eigenvalue weighted by molar-refractivity contribution is 6.36. The number of hydrogen-bond donors (Lipinski definition) is 1. The molecule has 80 valence electrons. The highest BCUT2D eigenvalue weighted by Gasteiger charge is 2.01. The van der Waals surface area contributed by atoms with E-state index in [2.05, 4.69) is 17.2 Å². The third-order valence-electron chi connectivity index (χ3n) is 2.34. The molecule has 1 nitrogen and oxygen atoms in total. The van der Waals surface area contributed by atoms with Crippen LogP contribution >= 0.6 is 11.6 Å². The zero-order chi connectivity index (χ0) is 11.4. The second kappa shape index (κ2) is 5.03. The molecule has 0 unspecified atom stereocenters. The number of rotatable bonds is 1. The highest BCUT2D eigenvalue weighted by Crippen LogP contribution is 2.26. The van der Waals surface area contributed by atoms with Crippen LogP contribution in [0.2, 0.25) is 5.02 Å². The lowest BCUT2D eigenvalue weighted by Gasteiger charge is -2.02. The zero-order valence-electron chi connectivity index (χ0n) is 9.05. The Bertz CT molecular complexity index is 558. The first-order valence-corrected chi connectivity index (χ1v) is 5.51. The van der Waals surface area contributed by atoms with Crippen LogP contribution in [0.4, 0.5) is 0 Å². The third-order valence-corrected chi connectivity index (χ3v) is 2.66. The molecule has 2 aromatic rings. The van der Waals surface area contributed by atoms with E-state index in [0.717, 1.165) is 21.4 Å². The van der Waals surface area contributed by atoms with Gasteiger partial charge in [-0.2, -0.15) is 0 Å². The van der Waals surface area contributed by atoms with Crippen molar-refractivity contribution in [3.63, 3.8) is 0 Å². The molecule has 0 saturated heterocycles. The Morgan fingerprint density at radius 1 is 1.19 bits per heavy atom. The van der Waals surface area contributed by atoms with E-state index >= 15 is 0 Å². The molecule has 2 rings (SSSR count). The fourth-order valence-corrected chi connectivity index (χ4v) is 1.91. The van der Waals surface area contributed by atoms with Gasteiger partial charge in [0.15, 0.2) is 0 Å². The summed E-state index contributed by atoms with van der Waals surface area (Å²) in [4.78, 5) is 0. The molecule has 0 saturated carbocycles. The average Bonchev–Trinajstić information content (AvgIpc) is 2.30. The van der Waals surface area contributed by atoms with Gasteiger partial charge in [0.1, 0.15) is 0 Å². The minimum atomic E-state index is 0.681. The Labute approximate surface area is 100 Å². The van der Waals surface area contributed by atoms with Crippen molar-refractivity contribution in [2.75, 3.05) is 13.6 Å². The molecule has 16 heavy (non-hydrogen) atoms. The smallest absolute Gasteiger partial charge is 0.0577 e. The number of hydrogen-bond acceptors (Lipinski definition) is 1. The molecule has 0 aliphatic carbocycles. The molecule has 0 fully saturated rings. The Morgan fingerprint density at radius 2 is 1.94 bits per heavy atom. The van der Waals surface area contributed by atoms with Crippen molar-refractivity contribution in [2.24, 2.45) is 0 Å². The first-order valence-electron chi connectivity index (χ1n) is 5.13. The van der Waals surface area contributed by atoms with Gasteiger partial charge in [0.05, 0.1) is 6.54 Å². The molecule has 0 amide bonds. The molecule has 0 aromatic heterocycles. The highest BCUT2D eigenvalue weighted by atomic mass is 35.5. The van der Waals surface area contributed by atoms with Gasteiger partial charge in [0.25, 0.3) is 0 Å². The van der Waals surface area contributed by atoms with E-state index in [-0.39, 0.29) is 0 Å². The van der Waals surface area contributed by atoms with Crippen LogP contribution in [0, 0.1) is 11.8 Å². The topological polar surface area (TPSA) is 12.0 Å². The van der Waals surface area contributed by atoms with Gasteiger partial charge in [-0.05, 0) is 24.6 Å². The van der Waals surface area contributed by atoms with E-state index in [0.29, 0.717) is 6.54 Å². The van der Waals surface area contributed by atoms with E-state index in [4.69, 9.17) is 11.6 Å². The Kier molecular flexibility index (Phi) is 3.46. The van der Waals surface area contributed by atoms with Gasteiger partial charge in [0, 0.05) is 16.0 Å². The minimum absolute atomic E-state index is 0.681. The summed E-state index contributed by atoms with van der Waals surface area (Å²) in [5.74, 6) is 6.18. The van der Waals surface area contributed by atoms with Crippen molar-refractivity contribution in [1.82, 2.24) is 5.32 Å². The third kappa shape index (κ3) is 2.19. The molecule has 0 aliphatic heterocycles. The van der Waals surface area contributed by atoms with Gasteiger partial charge in [-0.15, -0.1) is 0 Å². The van der Waals surface area contributed by atoms with Gasteiger partial charge >= 0.3 is 0 Å². The lowest BCUT2D eigenvalue weighted by molar-refractivity contribution is 0.938. The van der Waals surface area contributed by atoms with Gasteiger partial charge in [0.2, 0.25) is 0 Å². The van der Waals surface area contributed by atoms with Crippen molar-refractivity contribution >= 4 is 22.4 Å². The van der Waals surface area contributed by atoms with Crippen molar-refractivity contribution in [1.29, 1.82) is 0 Å². The van der Waals surface area contributed by atoms with Crippen LogP contribution in [0.25, 0.3) is 10.8 Å². The summed E-state index contributed by atoms with van der Waals surface area (Å²) in [5.41, 5.74) is 0.985. The monoisotopic (exact) mass is 229 g/mol. The maximum Gasteiger partial charge on any atom is 0.0577 e. The normalized spacial score (nSPS) is 9.88. The van der Waals surface area contributed by atoms with Crippen LogP contribution in [0.1, 0.15) is 5.56 Å². The maximum absolute atomic E-state index is 6.19. The van der Waals surface area contributed by atoms with Crippen LogP contribution in [0.5, 0.6) is 0 Å². The van der Waals surface area contributed by atoms with Crippen molar-refractivity contribution < 1.29 is 0 Å². The summed E-state index contributed by atoms with van der Waals surface area (Å²) in [6.45, 7) is 0.681. The maximum atomic E-state index is 6.19. The first kappa shape index (κ1) is 11.0. The van der Waals surface area contributed by atoms with Crippen molar-refractivity contribution in [3.8, 4) is 11.8 Å². The number of benzene rings is 2. The second-order valence-electron chi connectivity index (χ2n) is 3.48. The van der Waals surface area contributed by atoms with E-state index in [1.165, 1.54) is 0 Å². The van der Waals surface area contributed by atoms with Crippen LogP contribution in [0.15, 0.2) is 36.4 Å². The fourth-order valence-electron chi connectivity index (χ4n) is 1.63. The zero-order valence-corrected chi connectivity index (χ0v) is 9.81. The second-order valence-corrected chi connectivity index (χ2v) is 3.88. The largest absolute Gasteiger partial charge is 0.309 e. The molecule has 0 spiro atoms. The lowest BCUT2D eigenvalue weighted by Crippen LogP contribution is -2.04. The van der Waals surface area contributed by atoms with Crippen LogP contribution in [0.3, 0.4) is 0 Å². The number of fused-ring (bicyclic) bond motifs is 1. The fraction of sp³-hybridized carbons (Fsp3) is 0.143. The van der Waals surface area contributed by atoms with E-state index in [1.54, 1.807) is 0 Å². The van der Waals surface area contributed by atoms with E-state index in [9.17, 15) is 0 Å². The minimum Gasteiger partial charge on any atom is -0.309 e. The van der Waals surface area contributed by atoms with Gasteiger partial charge in [-0.1, -0.05) is 47.7 Å². The molecule has 0 radical (unpaired) electrons. The van der Waals surface area contributed by atoms with Crippen LogP contribution in [-0.2, 0) is 0 Å². The van der Waals surface area contributed by atoms with Crippen molar-refractivity contribution in [3.05, 3.63) is 47.0 Å². The molecule has 0 bridgehead atoms. The van der Waals surface area contributed by atoms with Crippen LogP contribution in [-0.4, -0.2) is 13.6 Å². The van der Waals surface area contributed by atoms with Gasteiger partial charge in [-0.25, -0.2) is 0 Å². The molecular formula is C14H12ClN. The Morgan fingerprint density at radius 3 is 2.69 bits per heavy atom. The number of nitrogens with one attached hydrogen (secondary N) is 1. The Hall–Kier alpha value is -1.49. The first-order chi connectivity index (χ1) is 7.83. The molecule has 0 heterocycles. The van der Waals surface area contributed by atoms with E-state index < -0.39 is 0 Å². The van der Waals surface area contributed by atoms with Crippen molar-refractivity contribution in [2.45, 2.75) is 0 Å². The summed E-state index contributed by atoms with van der Waals surface area (Å²) >= 11 is 6.19. The number of halogens is 1. The quantitative estimate of drug-likeness (QED) is 0.742. The molecular weight excluding hydrogens is 218 g/mol. The SMILES string of the molecule is CNCC#Cc1cccc2cccc(Cl)c12. The summed E-state index contributed by atoms with van der Waals surface area (Å²) in [7, 11) is 1.88. The molecule has 0 aliphatic rings. The summed E-state index contributed by atoms with van der Waals surface area (Å²) in [6, 6.07) is 11.9. The van der Waals surface area contributed by atoms with Crippen LogP contribution < -0.4 is 5.32 Å². The lowest BCUT2D eigenvalue weighted by atomic mass is 10.0. The predicted octanol–water partition coefficient (Wildman–Crippen LogP) is 3.06. The average molecular weight is 230 g/mol. The molecule has 0 atom stereocenters. The molecule has 2 heteroatoms. The molecule has 1 N–H and O–H groups in total. The summed E-state index contributed by atoms with van der Waals surface area (Å²) < 4.78 is 0. The summed E-state index contributed by atoms with van der Waals surface area (Å²) in [5, 5.41) is 5.92. The Balaban J connectivity index is 2.58. The molecule has 2 aromatic carbocycles. The van der Waals surface area contributed by atoms with E-state index in [1.807, 2.05) is 43.4 Å². The summed E-state index contributed by atoms with van der Waals surface area (Å²) in [6.07, 6.45) is 0. The predicted molar refractivity (Wildman–Crippen MR) is 69.8 cm³/mol. The standard InChI is InChI=1S/C14H12ClN/c1-16-10-4-8-12-6-2-5-11-7-3-9-13(15)14(11)12/h2-3,5-7,9,16H,10H2,1H3. The van der Waals surface area contributed by atoms with Gasteiger partial charge < -0.3 is 5.32 Å².